The highest BCUT2D eigenvalue weighted by Gasteiger charge is 2.37. The highest BCUT2D eigenvalue weighted by molar-refractivity contribution is 7.89. The summed E-state index contributed by atoms with van der Waals surface area (Å²) >= 11 is 0. The molecular weight excluding hydrogens is 304 g/mol. The maximum absolute atomic E-state index is 13.1. The van der Waals surface area contributed by atoms with Crippen LogP contribution in [-0.4, -0.2) is 43.7 Å². The van der Waals surface area contributed by atoms with E-state index in [0.29, 0.717) is 6.07 Å². The number of nitrogen functional groups attached to an aromatic ring is 1. The van der Waals surface area contributed by atoms with E-state index in [1.54, 1.807) is 0 Å². The van der Waals surface area contributed by atoms with Crippen molar-refractivity contribution >= 4 is 15.7 Å². The molecule has 20 heavy (non-hydrogen) atoms. The van der Waals surface area contributed by atoms with Crippen molar-refractivity contribution in [2.45, 2.75) is 11.1 Å². The first-order valence-electron chi connectivity index (χ1n) is 5.30. The lowest BCUT2D eigenvalue weighted by Crippen LogP contribution is -2.40. The quantitative estimate of drug-likeness (QED) is 0.626. The van der Waals surface area contributed by atoms with E-state index in [2.05, 4.69) is 0 Å². The molecule has 1 aromatic carbocycles. The van der Waals surface area contributed by atoms with Gasteiger partial charge in [-0.25, -0.2) is 12.8 Å². The lowest BCUT2D eigenvalue weighted by molar-refractivity contribution is -0.136. The van der Waals surface area contributed by atoms with Crippen molar-refractivity contribution in [2.75, 3.05) is 25.4 Å². The molecule has 0 spiro atoms. The Morgan fingerprint density at radius 3 is 2.30 bits per heavy atom. The number of anilines is 1. The largest absolute Gasteiger partial charge is 0.402 e. The van der Waals surface area contributed by atoms with Crippen LogP contribution in [-0.2, 0) is 10.0 Å². The van der Waals surface area contributed by atoms with Gasteiger partial charge in [0.25, 0.3) is 0 Å². The number of halogens is 4. The van der Waals surface area contributed by atoms with Crippen LogP contribution in [0.1, 0.15) is 0 Å². The molecule has 0 aromatic heterocycles. The van der Waals surface area contributed by atoms with Crippen LogP contribution >= 0.6 is 0 Å². The van der Waals surface area contributed by atoms with E-state index in [9.17, 15) is 26.0 Å². The molecular formula is C10H12F4N2O3S. The number of benzene rings is 1. The first-order chi connectivity index (χ1) is 9.06. The summed E-state index contributed by atoms with van der Waals surface area (Å²) in [6.45, 7) is -3.36. The lowest BCUT2D eigenvalue weighted by Gasteiger charge is -2.22. The molecule has 3 N–H and O–H groups in total. The van der Waals surface area contributed by atoms with E-state index in [1.807, 2.05) is 0 Å². The van der Waals surface area contributed by atoms with Crippen LogP contribution in [0.2, 0.25) is 0 Å². The second kappa shape index (κ2) is 5.94. The molecule has 0 bridgehead atoms. The van der Waals surface area contributed by atoms with Crippen molar-refractivity contribution in [3.8, 4) is 0 Å². The van der Waals surface area contributed by atoms with Crippen molar-refractivity contribution in [1.82, 2.24) is 4.31 Å². The summed E-state index contributed by atoms with van der Waals surface area (Å²) in [5.41, 5.74) is 5.03. The number of aliphatic hydroxyl groups excluding tert-OH is 1. The monoisotopic (exact) mass is 316 g/mol. The second-order valence-corrected chi connectivity index (χ2v) is 5.84. The Hall–Kier alpha value is -1.39. The third-order valence-electron chi connectivity index (χ3n) is 2.24. The number of nitrogens with zero attached hydrogens (tertiary/aromatic N) is 1. The molecule has 1 aromatic rings. The summed E-state index contributed by atoms with van der Waals surface area (Å²) in [5, 5.41) is 8.68. The Kier molecular flexibility index (Phi) is 4.95. The van der Waals surface area contributed by atoms with Crippen molar-refractivity contribution < 1.29 is 31.1 Å². The Bertz CT molecular complexity index is 554. The van der Waals surface area contributed by atoms with E-state index in [1.165, 1.54) is 0 Å². The van der Waals surface area contributed by atoms with E-state index in [-0.39, 0.29) is 9.99 Å². The molecule has 0 unspecified atom stereocenters. The van der Waals surface area contributed by atoms with Crippen molar-refractivity contribution in [2.24, 2.45) is 0 Å². The van der Waals surface area contributed by atoms with Gasteiger partial charge < -0.3 is 10.8 Å². The summed E-state index contributed by atoms with van der Waals surface area (Å²) in [5.74, 6) is -0.987. The number of aliphatic hydroxyl groups is 1. The fourth-order valence-electron chi connectivity index (χ4n) is 1.48. The van der Waals surface area contributed by atoms with Crippen LogP contribution < -0.4 is 5.73 Å². The van der Waals surface area contributed by atoms with Gasteiger partial charge in [0.2, 0.25) is 10.0 Å². The molecule has 0 amide bonds. The Balaban J connectivity index is 3.22. The van der Waals surface area contributed by atoms with Crippen LogP contribution in [0.15, 0.2) is 23.1 Å². The fraction of sp³-hybridized carbons (Fsp3) is 0.400. The van der Waals surface area contributed by atoms with E-state index >= 15 is 0 Å². The smallest absolute Gasteiger partial charge is 0.399 e. The highest BCUT2D eigenvalue weighted by Crippen LogP contribution is 2.24. The van der Waals surface area contributed by atoms with Crippen molar-refractivity contribution in [3.63, 3.8) is 0 Å². The molecule has 0 radical (unpaired) electrons. The molecule has 0 aliphatic carbocycles. The average molecular weight is 316 g/mol. The molecule has 114 valence electrons. The van der Waals surface area contributed by atoms with Gasteiger partial charge in [-0.3, -0.25) is 0 Å². The van der Waals surface area contributed by atoms with E-state index in [4.69, 9.17) is 10.8 Å². The lowest BCUT2D eigenvalue weighted by atomic mass is 10.3. The van der Waals surface area contributed by atoms with Gasteiger partial charge in [0.15, 0.2) is 0 Å². The zero-order chi connectivity index (χ0) is 15.6. The van der Waals surface area contributed by atoms with Crippen LogP contribution in [0.5, 0.6) is 0 Å². The van der Waals surface area contributed by atoms with Crippen LogP contribution in [0, 0.1) is 5.82 Å². The van der Waals surface area contributed by atoms with Crippen molar-refractivity contribution in [3.05, 3.63) is 24.0 Å². The third-order valence-corrected chi connectivity index (χ3v) is 4.06. The molecule has 0 heterocycles. The van der Waals surface area contributed by atoms with Crippen LogP contribution in [0.25, 0.3) is 0 Å². The zero-order valence-electron chi connectivity index (χ0n) is 10.1. The van der Waals surface area contributed by atoms with Crippen molar-refractivity contribution in [1.29, 1.82) is 0 Å². The van der Waals surface area contributed by atoms with Gasteiger partial charge in [-0.05, 0) is 18.2 Å². The number of hydrogen-bond acceptors (Lipinski definition) is 4. The van der Waals surface area contributed by atoms with Gasteiger partial charge in [0, 0.05) is 12.2 Å². The Morgan fingerprint density at radius 2 is 1.85 bits per heavy atom. The number of rotatable bonds is 5. The first-order valence-corrected chi connectivity index (χ1v) is 6.74. The number of hydrogen-bond donors (Lipinski definition) is 2. The molecule has 10 heteroatoms. The summed E-state index contributed by atoms with van der Waals surface area (Å²) in [7, 11) is -4.61. The minimum Gasteiger partial charge on any atom is -0.399 e. The maximum Gasteiger partial charge on any atom is 0.402 e. The molecule has 0 saturated heterocycles. The van der Waals surface area contributed by atoms with E-state index in [0.717, 1.165) is 12.1 Å². The van der Waals surface area contributed by atoms with Gasteiger partial charge in [0.05, 0.1) is 11.5 Å². The highest BCUT2D eigenvalue weighted by atomic mass is 32.2. The SMILES string of the molecule is Nc1cc(F)cc(S(=O)(=O)N(CCO)CC(F)(F)F)c1. The van der Waals surface area contributed by atoms with Crippen LogP contribution in [0.3, 0.4) is 0 Å². The van der Waals surface area contributed by atoms with Gasteiger partial charge >= 0.3 is 6.18 Å². The molecule has 0 aliphatic rings. The summed E-state index contributed by atoms with van der Waals surface area (Å²) in [4.78, 5) is -0.701. The summed E-state index contributed by atoms with van der Waals surface area (Å²) in [6.07, 6.45) is -4.79. The van der Waals surface area contributed by atoms with Gasteiger partial charge in [-0.1, -0.05) is 0 Å². The standard InChI is InChI=1S/C10H12F4N2O3S/c11-7-3-8(15)5-9(4-7)20(18,19)16(1-2-17)6-10(12,13)14/h3-5,17H,1-2,6,15H2. The first kappa shape index (κ1) is 16.7. The molecule has 0 atom stereocenters. The second-order valence-electron chi connectivity index (χ2n) is 3.90. The number of alkyl halides is 3. The number of sulfonamides is 1. The number of nitrogens with two attached hydrogens (primary N) is 1. The molecule has 1 rings (SSSR count). The summed E-state index contributed by atoms with van der Waals surface area (Å²) in [6, 6.07) is 2.24. The normalized spacial score (nSPS) is 12.9. The predicted octanol–water partition coefficient (Wildman–Crippen LogP) is 0.953. The molecule has 0 fully saturated rings. The van der Waals surface area contributed by atoms with Gasteiger partial charge in [-0.2, -0.15) is 17.5 Å². The maximum atomic E-state index is 13.1. The minimum atomic E-state index is -4.79. The third kappa shape index (κ3) is 4.32. The Labute approximate surface area is 112 Å². The van der Waals surface area contributed by atoms with E-state index < -0.39 is 46.6 Å². The summed E-state index contributed by atoms with van der Waals surface area (Å²) < 4.78 is 74.2. The van der Waals surface area contributed by atoms with Gasteiger partial charge in [-0.15, -0.1) is 0 Å². The predicted molar refractivity (Wildman–Crippen MR) is 62.7 cm³/mol. The topological polar surface area (TPSA) is 83.6 Å². The zero-order valence-corrected chi connectivity index (χ0v) is 10.9. The molecule has 0 saturated carbocycles. The molecule has 5 nitrogen and oxygen atoms in total. The average Bonchev–Trinajstić information content (AvgIpc) is 2.25. The fourth-order valence-corrected chi connectivity index (χ4v) is 2.96. The Morgan fingerprint density at radius 1 is 1.25 bits per heavy atom. The molecule has 0 aliphatic heterocycles. The van der Waals surface area contributed by atoms with Crippen LogP contribution in [0.4, 0.5) is 23.2 Å². The minimum absolute atomic E-state index is 0.0151. The van der Waals surface area contributed by atoms with Gasteiger partial charge in [0.1, 0.15) is 12.4 Å².